The highest BCUT2D eigenvalue weighted by Gasteiger charge is 2.25. The fourth-order valence-electron chi connectivity index (χ4n) is 2.20. The molecule has 0 radical (unpaired) electrons. The standard InChI is InChI=1S/C14H20N4O2S/c1-14(2,3)20-13(19)17-10-5-4-6-18(8-10)12-16-11(7-15)9-21-12/h9-10H,4-6,8H2,1-3H3,(H,17,19). The smallest absolute Gasteiger partial charge is 0.407 e. The summed E-state index contributed by atoms with van der Waals surface area (Å²) in [6.07, 6.45) is 1.51. The van der Waals surface area contributed by atoms with E-state index in [2.05, 4.69) is 15.2 Å². The quantitative estimate of drug-likeness (QED) is 0.908. The minimum atomic E-state index is -0.491. The monoisotopic (exact) mass is 308 g/mol. The molecule has 1 aromatic heterocycles. The molecule has 0 aliphatic carbocycles. The number of nitrogens with zero attached hydrogens (tertiary/aromatic N) is 3. The van der Waals surface area contributed by atoms with Gasteiger partial charge in [-0.05, 0) is 33.6 Å². The van der Waals surface area contributed by atoms with E-state index in [4.69, 9.17) is 10.00 Å². The van der Waals surface area contributed by atoms with Crippen molar-refractivity contribution in [2.75, 3.05) is 18.0 Å². The summed E-state index contributed by atoms with van der Waals surface area (Å²) >= 11 is 1.46. The second-order valence-corrected chi connectivity index (χ2v) is 6.90. The minimum Gasteiger partial charge on any atom is -0.444 e. The van der Waals surface area contributed by atoms with Crippen molar-refractivity contribution in [1.29, 1.82) is 5.26 Å². The van der Waals surface area contributed by atoms with Crippen LogP contribution in [0.1, 0.15) is 39.3 Å². The number of piperidine rings is 1. The Morgan fingerprint density at radius 3 is 3.00 bits per heavy atom. The fourth-order valence-corrected chi connectivity index (χ4v) is 2.99. The third-order valence-corrected chi connectivity index (χ3v) is 3.92. The number of nitriles is 1. The lowest BCUT2D eigenvalue weighted by Crippen LogP contribution is -2.49. The van der Waals surface area contributed by atoms with Gasteiger partial charge in [-0.2, -0.15) is 5.26 Å². The van der Waals surface area contributed by atoms with E-state index in [0.29, 0.717) is 12.2 Å². The van der Waals surface area contributed by atoms with Crippen molar-refractivity contribution in [3.8, 4) is 6.07 Å². The van der Waals surface area contributed by atoms with Crippen molar-refractivity contribution in [2.45, 2.75) is 45.3 Å². The summed E-state index contributed by atoms with van der Waals surface area (Å²) in [7, 11) is 0. The van der Waals surface area contributed by atoms with E-state index in [9.17, 15) is 4.79 Å². The Kier molecular flexibility index (Phi) is 4.68. The normalized spacial score (nSPS) is 19.0. The number of aromatic nitrogens is 1. The van der Waals surface area contributed by atoms with Crippen LogP contribution in [0.25, 0.3) is 0 Å². The number of ether oxygens (including phenoxy) is 1. The zero-order valence-corrected chi connectivity index (χ0v) is 13.4. The summed E-state index contributed by atoms with van der Waals surface area (Å²) in [5.41, 5.74) is -0.0488. The largest absolute Gasteiger partial charge is 0.444 e. The first-order valence-electron chi connectivity index (χ1n) is 6.97. The molecule has 1 amide bonds. The molecule has 1 N–H and O–H groups in total. The lowest BCUT2D eigenvalue weighted by molar-refractivity contribution is 0.0500. The number of carbonyl (C=O) groups is 1. The first-order valence-corrected chi connectivity index (χ1v) is 7.85. The molecular weight excluding hydrogens is 288 g/mol. The molecular formula is C14H20N4O2S. The summed E-state index contributed by atoms with van der Waals surface area (Å²) in [5.74, 6) is 0. The van der Waals surface area contributed by atoms with Crippen molar-refractivity contribution in [2.24, 2.45) is 0 Å². The van der Waals surface area contributed by atoms with Crippen molar-refractivity contribution < 1.29 is 9.53 Å². The van der Waals surface area contributed by atoms with Crippen LogP contribution < -0.4 is 10.2 Å². The molecule has 6 nitrogen and oxygen atoms in total. The summed E-state index contributed by atoms with van der Waals surface area (Å²) in [6, 6.07) is 2.08. The lowest BCUT2D eigenvalue weighted by Gasteiger charge is -2.33. The lowest BCUT2D eigenvalue weighted by atomic mass is 10.1. The van der Waals surface area contributed by atoms with Gasteiger partial charge in [-0.3, -0.25) is 0 Å². The average Bonchev–Trinajstić information content (AvgIpc) is 2.85. The van der Waals surface area contributed by atoms with Gasteiger partial charge in [0.05, 0.1) is 0 Å². The Morgan fingerprint density at radius 2 is 2.38 bits per heavy atom. The Bertz CT molecular complexity index is 544. The zero-order chi connectivity index (χ0) is 15.5. The van der Waals surface area contributed by atoms with Crippen LogP contribution in [-0.4, -0.2) is 35.8 Å². The number of hydrogen-bond acceptors (Lipinski definition) is 6. The molecule has 1 aromatic rings. The predicted molar refractivity (Wildman–Crippen MR) is 81.4 cm³/mol. The van der Waals surface area contributed by atoms with E-state index in [0.717, 1.165) is 24.5 Å². The maximum absolute atomic E-state index is 11.8. The number of rotatable bonds is 2. The molecule has 1 atom stereocenters. The number of nitrogens with one attached hydrogen (secondary N) is 1. The van der Waals surface area contributed by atoms with E-state index < -0.39 is 5.60 Å². The van der Waals surface area contributed by atoms with E-state index in [1.54, 1.807) is 5.38 Å². The first kappa shape index (κ1) is 15.6. The molecule has 0 aromatic carbocycles. The Balaban J connectivity index is 1.92. The van der Waals surface area contributed by atoms with Gasteiger partial charge >= 0.3 is 6.09 Å². The molecule has 7 heteroatoms. The number of hydrogen-bond donors (Lipinski definition) is 1. The van der Waals surface area contributed by atoms with Crippen molar-refractivity contribution >= 4 is 22.6 Å². The van der Waals surface area contributed by atoms with Crippen LogP contribution in [0.4, 0.5) is 9.93 Å². The average molecular weight is 308 g/mol. The van der Waals surface area contributed by atoms with Gasteiger partial charge in [-0.15, -0.1) is 11.3 Å². The highest BCUT2D eigenvalue weighted by Crippen LogP contribution is 2.24. The number of alkyl carbamates (subject to hydrolysis) is 1. The van der Waals surface area contributed by atoms with Crippen LogP contribution in [0.5, 0.6) is 0 Å². The first-order chi connectivity index (χ1) is 9.87. The highest BCUT2D eigenvalue weighted by atomic mass is 32.1. The Morgan fingerprint density at radius 1 is 1.62 bits per heavy atom. The molecule has 21 heavy (non-hydrogen) atoms. The van der Waals surface area contributed by atoms with Gasteiger partial charge in [-0.25, -0.2) is 9.78 Å². The van der Waals surface area contributed by atoms with Gasteiger partial charge in [0.2, 0.25) is 0 Å². The number of amides is 1. The predicted octanol–water partition coefficient (Wildman–Crippen LogP) is 2.51. The number of carbonyl (C=O) groups excluding carboxylic acids is 1. The summed E-state index contributed by atoms with van der Waals surface area (Å²) in [5, 5.41) is 14.3. The molecule has 0 bridgehead atoms. The second-order valence-electron chi connectivity index (χ2n) is 6.06. The highest BCUT2D eigenvalue weighted by molar-refractivity contribution is 7.13. The van der Waals surface area contributed by atoms with Crippen LogP contribution in [0, 0.1) is 11.3 Å². The SMILES string of the molecule is CC(C)(C)OC(=O)NC1CCCN(c2nc(C#N)cs2)C1. The van der Waals surface area contributed by atoms with E-state index in [-0.39, 0.29) is 12.1 Å². The second kappa shape index (κ2) is 6.31. The zero-order valence-electron chi connectivity index (χ0n) is 12.5. The van der Waals surface area contributed by atoms with Crippen LogP contribution in [-0.2, 0) is 4.74 Å². The Hall–Kier alpha value is -1.81. The van der Waals surface area contributed by atoms with Crippen LogP contribution in [0.15, 0.2) is 5.38 Å². The molecule has 2 heterocycles. The summed E-state index contributed by atoms with van der Waals surface area (Å²) < 4.78 is 5.28. The van der Waals surface area contributed by atoms with Crippen LogP contribution in [0.2, 0.25) is 0 Å². The molecule has 1 aliphatic heterocycles. The van der Waals surface area contributed by atoms with Gasteiger partial charge in [0.15, 0.2) is 10.8 Å². The van der Waals surface area contributed by atoms with Gasteiger partial charge in [0, 0.05) is 24.5 Å². The van der Waals surface area contributed by atoms with Crippen molar-refractivity contribution in [3.63, 3.8) is 0 Å². The van der Waals surface area contributed by atoms with E-state index in [1.165, 1.54) is 11.3 Å². The van der Waals surface area contributed by atoms with Crippen molar-refractivity contribution in [3.05, 3.63) is 11.1 Å². The van der Waals surface area contributed by atoms with E-state index in [1.807, 2.05) is 26.8 Å². The third kappa shape index (κ3) is 4.60. The van der Waals surface area contributed by atoms with E-state index >= 15 is 0 Å². The molecule has 1 unspecified atom stereocenters. The molecule has 114 valence electrons. The summed E-state index contributed by atoms with van der Waals surface area (Å²) in [6.45, 7) is 7.12. The maximum atomic E-state index is 11.8. The minimum absolute atomic E-state index is 0.0445. The number of anilines is 1. The molecule has 1 aliphatic rings. The molecule has 0 saturated carbocycles. The van der Waals surface area contributed by atoms with Gasteiger partial charge in [0.1, 0.15) is 11.7 Å². The molecule has 0 spiro atoms. The molecule has 2 rings (SSSR count). The van der Waals surface area contributed by atoms with Crippen LogP contribution >= 0.6 is 11.3 Å². The Labute approximate surface area is 128 Å². The maximum Gasteiger partial charge on any atom is 0.407 e. The van der Waals surface area contributed by atoms with Crippen molar-refractivity contribution in [1.82, 2.24) is 10.3 Å². The topological polar surface area (TPSA) is 78.2 Å². The number of thiazole rings is 1. The summed E-state index contributed by atoms with van der Waals surface area (Å²) in [4.78, 5) is 18.2. The van der Waals surface area contributed by atoms with Crippen LogP contribution in [0.3, 0.4) is 0 Å². The molecule has 1 fully saturated rings. The molecule has 1 saturated heterocycles. The fraction of sp³-hybridized carbons (Fsp3) is 0.643. The third-order valence-electron chi connectivity index (χ3n) is 3.02. The van der Waals surface area contributed by atoms with Gasteiger partial charge < -0.3 is 15.0 Å². The van der Waals surface area contributed by atoms with Gasteiger partial charge in [-0.1, -0.05) is 0 Å². The van der Waals surface area contributed by atoms with Gasteiger partial charge in [0.25, 0.3) is 0 Å².